The molecule has 0 radical (unpaired) electrons. The Morgan fingerprint density at radius 2 is 1.90 bits per heavy atom. The van der Waals surface area contributed by atoms with Crippen LogP contribution in [0.4, 0.5) is 13.2 Å². The van der Waals surface area contributed by atoms with Crippen LogP contribution in [0.5, 0.6) is 0 Å². The molecule has 0 N–H and O–H groups in total. The lowest BCUT2D eigenvalue weighted by atomic mass is 10.1. The molecule has 0 atom stereocenters. The molecule has 110 valence electrons. The van der Waals surface area contributed by atoms with Gasteiger partial charge >= 0.3 is 6.18 Å². The van der Waals surface area contributed by atoms with Crippen molar-refractivity contribution in [3.8, 4) is 6.07 Å². The van der Waals surface area contributed by atoms with Gasteiger partial charge in [-0.05, 0) is 31.3 Å². The number of benzene rings is 1. The summed E-state index contributed by atoms with van der Waals surface area (Å²) in [6.45, 7) is 6.80. The van der Waals surface area contributed by atoms with Crippen LogP contribution >= 0.6 is 11.8 Å². The molecule has 0 aliphatic heterocycles. The Labute approximate surface area is 121 Å². The van der Waals surface area contributed by atoms with E-state index in [1.807, 2.05) is 0 Å². The molecular formula is C14H17F3N2S. The van der Waals surface area contributed by atoms with Crippen LogP contribution in [-0.4, -0.2) is 30.3 Å². The highest BCUT2D eigenvalue weighted by Crippen LogP contribution is 2.34. The average molecular weight is 302 g/mol. The first-order valence-electron chi connectivity index (χ1n) is 6.38. The molecule has 1 aromatic rings. The number of nitriles is 1. The summed E-state index contributed by atoms with van der Waals surface area (Å²) >= 11 is 1.38. The van der Waals surface area contributed by atoms with E-state index in [0.29, 0.717) is 4.90 Å². The number of nitrogens with zero attached hydrogens (tertiary/aromatic N) is 2. The van der Waals surface area contributed by atoms with Crippen molar-refractivity contribution in [2.24, 2.45) is 0 Å². The monoisotopic (exact) mass is 302 g/mol. The Bertz CT molecular complexity index is 476. The summed E-state index contributed by atoms with van der Waals surface area (Å²) in [6.07, 6.45) is -4.49. The quantitative estimate of drug-likeness (QED) is 0.743. The molecule has 0 fully saturated rings. The molecule has 0 heterocycles. The Morgan fingerprint density at radius 1 is 1.25 bits per heavy atom. The van der Waals surface area contributed by atoms with Gasteiger partial charge in [0.1, 0.15) is 0 Å². The molecule has 0 saturated carbocycles. The van der Waals surface area contributed by atoms with Crippen molar-refractivity contribution in [1.29, 1.82) is 5.26 Å². The van der Waals surface area contributed by atoms with Gasteiger partial charge in [0.05, 0.1) is 17.2 Å². The summed E-state index contributed by atoms with van der Waals surface area (Å²) in [5, 5.41) is 8.72. The Morgan fingerprint density at radius 3 is 2.40 bits per heavy atom. The van der Waals surface area contributed by atoms with Crippen molar-refractivity contribution >= 4 is 11.8 Å². The van der Waals surface area contributed by atoms with Gasteiger partial charge in [-0.25, -0.2) is 0 Å². The van der Waals surface area contributed by atoms with Crippen molar-refractivity contribution in [3.63, 3.8) is 0 Å². The molecule has 20 heavy (non-hydrogen) atoms. The van der Waals surface area contributed by atoms with Gasteiger partial charge in [-0.15, -0.1) is 11.8 Å². The fourth-order valence-corrected chi connectivity index (χ4v) is 2.73. The van der Waals surface area contributed by atoms with Crippen molar-refractivity contribution in [2.75, 3.05) is 25.4 Å². The smallest absolute Gasteiger partial charge is 0.303 e. The third-order valence-electron chi connectivity index (χ3n) is 2.99. The van der Waals surface area contributed by atoms with E-state index in [9.17, 15) is 13.2 Å². The number of halogens is 3. The molecule has 0 bridgehead atoms. The minimum atomic E-state index is -4.49. The van der Waals surface area contributed by atoms with Crippen LogP contribution in [0, 0.1) is 11.3 Å². The van der Waals surface area contributed by atoms with Crippen LogP contribution in [0.1, 0.15) is 25.0 Å². The SMILES string of the molecule is CCN(CC)CCSc1ccc(C#N)c(C(F)(F)F)c1. The normalized spacial score (nSPS) is 11.7. The van der Waals surface area contributed by atoms with Gasteiger partial charge in [0, 0.05) is 17.2 Å². The largest absolute Gasteiger partial charge is 0.417 e. The predicted octanol–water partition coefficient (Wildman–Crippen LogP) is 4.01. The van der Waals surface area contributed by atoms with E-state index in [-0.39, 0.29) is 5.56 Å². The van der Waals surface area contributed by atoms with Crippen LogP contribution in [0.3, 0.4) is 0 Å². The number of hydrogen-bond donors (Lipinski definition) is 0. The minimum Gasteiger partial charge on any atom is -0.303 e. The van der Waals surface area contributed by atoms with Crippen LogP contribution < -0.4 is 0 Å². The maximum absolute atomic E-state index is 12.8. The molecule has 2 nitrogen and oxygen atoms in total. The highest BCUT2D eigenvalue weighted by molar-refractivity contribution is 7.99. The van der Waals surface area contributed by atoms with Crippen molar-refractivity contribution < 1.29 is 13.2 Å². The van der Waals surface area contributed by atoms with Crippen molar-refractivity contribution in [1.82, 2.24) is 4.90 Å². The van der Waals surface area contributed by atoms with Gasteiger partial charge in [-0.1, -0.05) is 13.8 Å². The second kappa shape index (κ2) is 7.55. The fourth-order valence-electron chi connectivity index (χ4n) is 1.78. The van der Waals surface area contributed by atoms with Gasteiger partial charge < -0.3 is 4.90 Å². The minimum absolute atomic E-state index is 0.328. The maximum Gasteiger partial charge on any atom is 0.417 e. The molecule has 1 rings (SSSR count). The molecule has 0 unspecified atom stereocenters. The Hall–Kier alpha value is -1.19. The van der Waals surface area contributed by atoms with Crippen LogP contribution in [-0.2, 0) is 6.18 Å². The summed E-state index contributed by atoms with van der Waals surface area (Å²) in [6, 6.07) is 5.45. The van der Waals surface area contributed by atoms with Crippen molar-refractivity contribution in [3.05, 3.63) is 29.3 Å². The number of hydrogen-bond acceptors (Lipinski definition) is 3. The molecule has 0 aliphatic carbocycles. The molecular weight excluding hydrogens is 285 g/mol. The van der Waals surface area contributed by atoms with E-state index in [1.165, 1.54) is 17.8 Å². The summed E-state index contributed by atoms with van der Waals surface area (Å²) < 4.78 is 38.4. The van der Waals surface area contributed by atoms with E-state index >= 15 is 0 Å². The zero-order chi connectivity index (χ0) is 15.2. The number of rotatable bonds is 6. The first-order chi connectivity index (χ1) is 9.42. The predicted molar refractivity (Wildman–Crippen MR) is 74.7 cm³/mol. The Kier molecular flexibility index (Phi) is 6.37. The average Bonchev–Trinajstić information content (AvgIpc) is 2.42. The summed E-state index contributed by atoms with van der Waals surface area (Å²) in [4.78, 5) is 2.75. The maximum atomic E-state index is 12.8. The van der Waals surface area contributed by atoms with E-state index < -0.39 is 11.7 Å². The lowest BCUT2D eigenvalue weighted by Crippen LogP contribution is -2.25. The van der Waals surface area contributed by atoms with Crippen LogP contribution in [0.15, 0.2) is 23.1 Å². The number of alkyl halides is 3. The molecule has 0 aromatic heterocycles. The highest BCUT2D eigenvalue weighted by Gasteiger charge is 2.33. The van der Waals surface area contributed by atoms with E-state index in [4.69, 9.17) is 5.26 Å². The molecule has 6 heteroatoms. The topological polar surface area (TPSA) is 27.0 Å². The zero-order valence-corrected chi connectivity index (χ0v) is 12.3. The highest BCUT2D eigenvalue weighted by atomic mass is 32.2. The lowest BCUT2D eigenvalue weighted by Gasteiger charge is -2.17. The van der Waals surface area contributed by atoms with E-state index in [2.05, 4.69) is 18.7 Å². The fraction of sp³-hybridized carbons (Fsp3) is 0.500. The summed E-state index contributed by atoms with van der Waals surface area (Å²) in [5.41, 5.74) is -1.18. The van der Waals surface area contributed by atoms with Gasteiger partial charge in [0.15, 0.2) is 0 Å². The van der Waals surface area contributed by atoms with Crippen molar-refractivity contribution in [2.45, 2.75) is 24.9 Å². The number of thioether (sulfide) groups is 1. The van der Waals surface area contributed by atoms with Gasteiger partial charge in [-0.2, -0.15) is 18.4 Å². The standard InChI is InChI=1S/C14H17F3N2S/c1-3-19(4-2)7-8-20-12-6-5-11(10-18)13(9-12)14(15,16)17/h5-6,9H,3-4,7-8H2,1-2H3. The summed E-state index contributed by atoms with van der Waals surface area (Å²) in [5.74, 6) is 0.727. The van der Waals surface area contributed by atoms with E-state index in [1.54, 1.807) is 12.1 Å². The van der Waals surface area contributed by atoms with E-state index in [0.717, 1.165) is 31.5 Å². The first-order valence-corrected chi connectivity index (χ1v) is 7.37. The van der Waals surface area contributed by atoms with Gasteiger partial charge in [0.2, 0.25) is 0 Å². The molecule has 0 amide bonds. The Balaban J connectivity index is 2.76. The summed E-state index contributed by atoms with van der Waals surface area (Å²) in [7, 11) is 0. The molecule has 1 aromatic carbocycles. The van der Waals surface area contributed by atoms with Gasteiger partial charge in [-0.3, -0.25) is 0 Å². The van der Waals surface area contributed by atoms with Gasteiger partial charge in [0.25, 0.3) is 0 Å². The lowest BCUT2D eigenvalue weighted by molar-refractivity contribution is -0.137. The molecule has 0 aliphatic rings. The second-order valence-corrected chi connectivity index (χ2v) is 5.36. The zero-order valence-electron chi connectivity index (χ0n) is 11.5. The third-order valence-corrected chi connectivity index (χ3v) is 3.96. The first kappa shape index (κ1) is 16.9. The second-order valence-electron chi connectivity index (χ2n) is 4.19. The molecule has 0 saturated heterocycles. The molecule has 0 spiro atoms. The van der Waals surface area contributed by atoms with Crippen LogP contribution in [0.2, 0.25) is 0 Å². The van der Waals surface area contributed by atoms with Crippen LogP contribution in [0.25, 0.3) is 0 Å². The third kappa shape index (κ3) is 4.73.